The Morgan fingerprint density at radius 1 is 0.985 bits per heavy atom. The van der Waals surface area contributed by atoms with Crippen molar-refractivity contribution in [2.75, 3.05) is 49.5 Å². The molecule has 68 heavy (non-hydrogen) atoms. The van der Waals surface area contributed by atoms with E-state index in [0.29, 0.717) is 61.2 Å². The molecule has 3 unspecified atom stereocenters. The molecule has 22 heteroatoms. The summed E-state index contributed by atoms with van der Waals surface area (Å²) in [6, 6.07) is 7.24. The smallest absolute Gasteiger partial charge is 0.410 e. The zero-order chi connectivity index (χ0) is 49.1. The van der Waals surface area contributed by atoms with Gasteiger partial charge in [0.15, 0.2) is 0 Å². The number of anilines is 2. The van der Waals surface area contributed by atoms with E-state index in [2.05, 4.69) is 26.3 Å². The largest absolute Gasteiger partial charge is 0.477 e. The van der Waals surface area contributed by atoms with Crippen molar-refractivity contribution in [3.05, 3.63) is 93.8 Å². The molecule has 0 radical (unpaired) electrons. The summed E-state index contributed by atoms with van der Waals surface area (Å²) in [7, 11) is 0. The van der Waals surface area contributed by atoms with Crippen LogP contribution in [0.1, 0.15) is 93.0 Å². The fourth-order valence-electron chi connectivity index (χ4n) is 8.12. The van der Waals surface area contributed by atoms with Crippen LogP contribution in [0.2, 0.25) is 0 Å². The van der Waals surface area contributed by atoms with Gasteiger partial charge in [-0.3, -0.25) is 19.2 Å². The van der Waals surface area contributed by atoms with E-state index >= 15 is 4.39 Å². The number of aryl methyl sites for hydroxylation is 1. The Balaban J connectivity index is 1.01. The van der Waals surface area contributed by atoms with E-state index in [1.165, 1.54) is 38.9 Å². The number of ether oxygens (including phenoxy) is 1. The first-order valence-corrected chi connectivity index (χ1v) is 22.6. The lowest BCUT2D eigenvalue weighted by atomic mass is 10.0. The Morgan fingerprint density at radius 2 is 1.72 bits per heavy atom. The number of nitrogens with two attached hydrogens (primary N) is 1. The number of primary amides is 1. The summed E-state index contributed by atoms with van der Waals surface area (Å²) in [5.41, 5.74) is 6.23. The minimum absolute atomic E-state index is 0.0292. The number of aromatic nitrogens is 4. The number of fused-ring (bicyclic) bond motifs is 1. The summed E-state index contributed by atoms with van der Waals surface area (Å²) in [5, 5.41) is 36.3. The topological polar surface area (TPSA) is 277 Å². The molecular weight excluding hydrogens is 886 g/mol. The van der Waals surface area contributed by atoms with Crippen LogP contribution in [0.3, 0.4) is 0 Å². The number of piperazine rings is 1. The van der Waals surface area contributed by atoms with E-state index < -0.39 is 59.1 Å². The van der Waals surface area contributed by atoms with E-state index in [9.17, 15) is 43.8 Å². The fourth-order valence-corrected chi connectivity index (χ4v) is 8.12. The molecule has 2 aliphatic heterocycles. The standard InChI is InChI=1S/C46H58FN11O10/c1-4-54-25-32(44(64)65)42(62)31-23-33(47)37(24-36(31)54)55-19-21-56(22-20-55)46(67)68-27-29-11-13-30(14-12-29)50-43(63)35(9-8-17-49-45(48)66)58-26-34(52-53-58)41(28(2)3)51-38(59)10-6-5-7-18-57-39(60)15-16-40(57)61/h11-16,23-26,28,35,39,41,60H,4-10,17-22,27H2,1-3H3,(H,50,63)(H,51,59)(H,64,65)(H3,48,49,66). The lowest BCUT2D eigenvalue weighted by Gasteiger charge is -2.35. The number of carbonyl (C=O) groups excluding carboxylic acids is 5. The molecule has 0 saturated carbocycles. The Hall–Kier alpha value is -7.36. The van der Waals surface area contributed by atoms with Crippen LogP contribution in [0.25, 0.3) is 10.9 Å². The van der Waals surface area contributed by atoms with E-state index in [1.807, 2.05) is 13.8 Å². The number of aliphatic hydroxyl groups is 1. The minimum atomic E-state index is -1.39. The molecule has 21 nitrogen and oxygen atoms in total. The van der Waals surface area contributed by atoms with Gasteiger partial charge in [0.1, 0.15) is 36.0 Å². The van der Waals surface area contributed by atoms with Crippen LogP contribution in [-0.4, -0.2) is 121 Å². The molecule has 4 aromatic rings. The number of nitrogens with zero attached hydrogens (tertiary/aromatic N) is 7. The van der Waals surface area contributed by atoms with Crippen molar-refractivity contribution in [2.24, 2.45) is 11.7 Å². The molecule has 1 saturated heterocycles. The van der Waals surface area contributed by atoms with Crippen molar-refractivity contribution in [3.8, 4) is 0 Å². The molecule has 7 N–H and O–H groups in total. The number of unbranched alkanes of at least 4 members (excludes halogenated alkanes) is 2. The lowest BCUT2D eigenvalue weighted by molar-refractivity contribution is -0.131. The van der Waals surface area contributed by atoms with Crippen molar-refractivity contribution in [3.63, 3.8) is 0 Å². The molecule has 0 bridgehead atoms. The Labute approximate surface area is 391 Å². The van der Waals surface area contributed by atoms with Crippen LogP contribution in [0, 0.1) is 11.7 Å². The van der Waals surface area contributed by atoms with Gasteiger partial charge in [-0.2, -0.15) is 0 Å². The summed E-state index contributed by atoms with van der Waals surface area (Å²) in [4.78, 5) is 92.0. The van der Waals surface area contributed by atoms with Crippen LogP contribution >= 0.6 is 0 Å². The molecule has 1 fully saturated rings. The number of hydrogen-bond donors (Lipinski definition) is 6. The summed E-state index contributed by atoms with van der Waals surface area (Å²) >= 11 is 0. The normalized spacial score (nSPS) is 15.7. The number of aliphatic hydroxyl groups excluding tert-OH is 1. The van der Waals surface area contributed by atoms with Gasteiger partial charge in [0.05, 0.1) is 23.4 Å². The van der Waals surface area contributed by atoms with Gasteiger partial charge in [0, 0.05) is 75.6 Å². The highest BCUT2D eigenvalue weighted by molar-refractivity contribution is 5.94. The zero-order valence-corrected chi connectivity index (χ0v) is 38.2. The lowest BCUT2D eigenvalue weighted by Crippen LogP contribution is -2.49. The molecule has 6 rings (SSSR count). The summed E-state index contributed by atoms with van der Waals surface area (Å²) in [6.45, 7) is 7.56. The third kappa shape index (κ3) is 12.5. The average Bonchev–Trinajstić information content (AvgIpc) is 3.92. The molecule has 364 valence electrons. The first kappa shape index (κ1) is 50.1. The summed E-state index contributed by atoms with van der Waals surface area (Å²) < 4.78 is 24.0. The molecule has 2 aromatic carbocycles. The second kappa shape index (κ2) is 22.9. The van der Waals surface area contributed by atoms with Gasteiger partial charge in [0.2, 0.25) is 23.2 Å². The van der Waals surface area contributed by atoms with Gasteiger partial charge in [-0.15, -0.1) is 5.10 Å². The van der Waals surface area contributed by atoms with Gasteiger partial charge in [-0.05, 0) is 74.4 Å². The number of aromatic carboxylic acids is 1. The van der Waals surface area contributed by atoms with Gasteiger partial charge >= 0.3 is 18.1 Å². The van der Waals surface area contributed by atoms with Crippen LogP contribution in [0.5, 0.6) is 0 Å². The Bertz CT molecular complexity index is 2570. The highest BCUT2D eigenvalue weighted by Crippen LogP contribution is 2.28. The zero-order valence-electron chi connectivity index (χ0n) is 38.2. The van der Waals surface area contributed by atoms with Crippen molar-refractivity contribution in [1.82, 2.24) is 40.0 Å². The van der Waals surface area contributed by atoms with E-state index in [-0.39, 0.29) is 81.0 Å². The van der Waals surface area contributed by atoms with Crippen LogP contribution in [0.4, 0.5) is 25.4 Å². The highest BCUT2D eigenvalue weighted by Gasteiger charge is 2.29. The SMILES string of the molecule is CCn1cc(C(=O)O)c(=O)c2cc(F)c(N3CCN(C(=O)OCc4ccc(NC(=O)C(CCCNC(N)=O)n5cc(C(NC(=O)CCCCCN6C(=O)C=CC6O)C(C)C)nn5)cc4)CC3)cc21. The highest BCUT2D eigenvalue weighted by atomic mass is 19.1. The van der Waals surface area contributed by atoms with Gasteiger partial charge in [-0.1, -0.05) is 37.6 Å². The number of halogens is 1. The van der Waals surface area contributed by atoms with E-state index in [1.54, 1.807) is 46.9 Å². The number of pyridine rings is 1. The molecule has 4 heterocycles. The predicted octanol–water partition coefficient (Wildman–Crippen LogP) is 3.63. The number of urea groups is 1. The van der Waals surface area contributed by atoms with E-state index in [4.69, 9.17) is 10.5 Å². The number of carboxylic acids is 1. The second-order valence-electron chi connectivity index (χ2n) is 17.0. The number of carboxylic acid groups (broad SMARTS) is 1. The number of benzene rings is 2. The molecule has 0 spiro atoms. The third-order valence-electron chi connectivity index (χ3n) is 11.9. The maximum atomic E-state index is 15.4. The van der Waals surface area contributed by atoms with Crippen LogP contribution in [0.15, 0.2) is 65.7 Å². The molecular formula is C46H58FN11O10. The average molecular weight is 944 g/mol. The maximum absolute atomic E-state index is 15.4. The van der Waals surface area contributed by atoms with Crippen molar-refractivity contribution < 1.29 is 48.1 Å². The number of hydrogen-bond acceptors (Lipinski definition) is 12. The molecule has 2 aliphatic rings. The number of rotatable bonds is 21. The maximum Gasteiger partial charge on any atom is 0.410 e. The molecule has 6 amide bonds. The fraction of sp³-hybridized carbons (Fsp3) is 0.457. The number of carbonyl (C=O) groups is 6. The van der Waals surface area contributed by atoms with Crippen LogP contribution in [-0.2, 0) is 32.3 Å². The quantitative estimate of drug-likeness (QED) is 0.0653. The van der Waals surface area contributed by atoms with Crippen LogP contribution < -0.4 is 32.0 Å². The van der Waals surface area contributed by atoms with Crippen molar-refractivity contribution >= 4 is 58.1 Å². The first-order chi connectivity index (χ1) is 32.5. The van der Waals surface area contributed by atoms with Crippen molar-refractivity contribution in [2.45, 2.75) is 90.8 Å². The Morgan fingerprint density at radius 3 is 2.37 bits per heavy atom. The third-order valence-corrected chi connectivity index (χ3v) is 11.9. The monoisotopic (exact) mass is 943 g/mol. The molecule has 3 atom stereocenters. The van der Waals surface area contributed by atoms with Crippen molar-refractivity contribution in [1.29, 1.82) is 0 Å². The van der Waals surface area contributed by atoms with Gasteiger partial charge in [-0.25, -0.2) is 23.5 Å². The number of nitrogens with one attached hydrogen (secondary N) is 3. The second-order valence-corrected chi connectivity index (χ2v) is 17.0. The first-order valence-electron chi connectivity index (χ1n) is 22.6. The van der Waals surface area contributed by atoms with Gasteiger partial charge in [0.25, 0.3) is 0 Å². The Kier molecular flexibility index (Phi) is 16.9. The van der Waals surface area contributed by atoms with E-state index in [0.717, 1.165) is 6.07 Å². The predicted molar refractivity (Wildman–Crippen MR) is 247 cm³/mol. The summed E-state index contributed by atoms with van der Waals surface area (Å²) in [6.07, 6.45) is 6.92. The molecule has 0 aliphatic carbocycles. The number of amides is 6. The summed E-state index contributed by atoms with van der Waals surface area (Å²) in [5.74, 6) is -2.99. The minimum Gasteiger partial charge on any atom is -0.477 e. The van der Waals surface area contributed by atoms with Gasteiger partial charge < -0.3 is 55.9 Å². The molecule has 2 aromatic heterocycles.